The molecule has 0 radical (unpaired) electrons. The first-order valence-corrected chi connectivity index (χ1v) is 9.80. The Morgan fingerprint density at radius 2 is 1.77 bits per heavy atom. The number of anilines is 1. The molecule has 2 atom stereocenters. The van der Waals surface area contributed by atoms with Gasteiger partial charge in [0.1, 0.15) is 12.4 Å². The highest BCUT2D eigenvalue weighted by atomic mass is 35.5. The van der Waals surface area contributed by atoms with Gasteiger partial charge in [0.25, 0.3) is 0 Å². The Balaban J connectivity index is 0.00000160. The summed E-state index contributed by atoms with van der Waals surface area (Å²) in [4.78, 5) is 8.95. The number of ether oxygens (including phenoxy) is 3. The zero-order valence-electron chi connectivity index (χ0n) is 16.7. The van der Waals surface area contributed by atoms with Gasteiger partial charge in [0.15, 0.2) is 17.6 Å². The molecular formula is C21H27Cl2N3O4-2. The lowest BCUT2D eigenvalue weighted by molar-refractivity contribution is -0.0292. The van der Waals surface area contributed by atoms with E-state index in [2.05, 4.69) is 14.8 Å². The Kier molecular flexibility index (Phi) is 9.94. The van der Waals surface area contributed by atoms with Gasteiger partial charge in [-0.25, -0.2) is 4.98 Å². The highest BCUT2D eigenvalue weighted by Crippen LogP contribution is 2.30. The average molecular weight is 456 g/mol. The Labute approximate surface area is 189 Å². The van der Waals surface area contributed by atoms with Crippen molar-refractivity contribution in [2.75, 3.05) is 57.4 Å². The first-order chi connectivity index (χ1) is 13.8. The lowest BCUT2D eigenvalue weighted by atomic mass is 10.2. The fourth-order valence-electron chi connectivity index (χ4n) is 3.53. The predicted octanol–water partition coefficient (Wildman–Crippen LogP) is -4.57. The van der Waals surface area contributed by atoms with Gasteiger partial charge in [0.2, 0.25) is 0 Å². The number of nitrogens with zero attached hydrogens (tertiary/aromatic N) is 3. The molecule has 0 aliphatic carbocycles. The Hall–Kier alpha value is -1.77. The third-order valence-electron chi connectivity index (χ3n) is 5.00. The topological polar surface area (TPSA) is 67.3 Å². The van der Waals surface area contributed by atoms with Gasteiger partial charge in [-0.15, -0.1) is 0 Å². The summed E-state index contributed by atoms with van der Waals surface area (Å²) in [5.41, 5.74) is 0. The summed E-state index contributed by atoms with van der Waals surface area (Å²) >= 11 is 0. The molecule has 0 amide bonds. The van der Waals surface area contributed by atoms with Crippen molar-refractivity contribution >= 4 is 5.82 Å². The number of aliphatic hydroxyl groups is 1. The number of para-hydroxylation sites is 2. The van der Waals surface area contributed by atoms with Crippen LogP contribution in [0.25, 0.3) is 0 Å². The van der Waals surface area contributed by atoms with Crippen LogP contribution in [0.5, 0.6) is 11.5 Å². The third-order valence-corrected chi connectivity index (χ3v) is 5.00. The minimum atomic E-state index is -0.516. The average Bonchev–Trinajstić information content (AvgIpc) is 2.75. The van der Waals surface area contributed by atoms with Crippen molar-refractivity contribution in [3.05, 3.63) is 48.7 Å². The molecule has 1 aromatic carbocycles. The van der Waals surface area contributed by atoms with E-state index in [0.29, 0.717) is 26.4 Å². The number of hydrogen-bond donors (Lipinski definition) is 1. The Morgan fingerprint density at radius 1 is 1.03 bits per heavy atom. The second-order valence-corrected chi connectivity index (χ2v) is 7.16. The zero-order valence-corrected chi connectivity index (χ0v) is 18.2. The van der Waals surface area contributed by atoms with Crippen LogP contribution in [0, 0.1) is 0 Å². The van der Waals surface area contributed by atoms with Crippen LogP contribution >= 0.6 is 0 Å². The van der Waals surface area contributed by atoms with Gasteiger partial charge in [-0.3, -0.25) is 4.90 Å². The maximum atomic E-state index is 10.3. The molecule has 2 aliphatic heterocycles. The molecule has 1 aromatic heterocycles. The first kappa shape index (κ1) is 24.5. The number of aliphatic hydroxyl groups excluding tert-OH is 1. The van der Waals surface area contributed by atoms with Crippen LogP contribution in [-0.4, -0.2) is 79.7 Å². The van der Waals surface area contributed by atoms with Crippen molar-refractivity contribution in [1.82, 2.24) is 9.88 Å². The third kappa shape index (κ3) is 6.62. The monoisotopic (exact) mass is 455 g/mol. The molecule has 2 aromatic rings. The van der Waals surface area contributed by atoms with Gasteiger partial charge < -0.3 is 49.0 Å². The molecule has 1 saturated heterocycles. The molecule has 3 heterocycles. The van der Waals surface area contributed by atoms with Crippen LogP contribution in [0.3, 0.4) is 0 Å². The van der Waals surface area contributed by atoms with Crippen molar-refractivity contribution in [3.63, 3.8) is 0 Å². The number of halogens is 2. The minimum Gasteiger partial charge on any atom is -1.00 e. The van der Waals surface area contributed by atoms with Crippen LogP contribution in [0.15, 0.2) is 48.7 Å². The highest BCUT2D eigenvalue weighted by Gasteiger charge is 2.22. The van der Waals surface area contributed by atoms with Gasteiger partial charge in [-0.2, -0.15) is 0 Å². The van der Waals surface area contributed by atoms with E-state index in [9.17, 15) is 5.11 Å². The molecule has 30 heavy (non-hydrogen) atoms. The van der Waals surface area contributed by atoms with E-state index in [1.165, 1.54) is 0 Å². The number of aromatic nitrogens is 1. The van der Waals surface area contributed by atoms with Crippen molar-refractivity contribution < 1.29 is 44.1 Å². The summed E-state index contributed by atoms with van der Waals surface area (Å²) in [6.07, 6.45) is 1.16. The van der Waals surface area contributed by atoms with Crippen LogP contribution in [0.4, 0.5) is 5.82 Å². The zero-order chi connectivity index (χ0) is 19.2. The van der Waals surface area contributed by atoms with Crippen molar-refractivity contribution in [2.24, 2.45) is 0 Å². The maximum absolute atomic E-state index is 10.3. The highest BCUT2D eigenvalue weighted by molar-refractivity contribution is 5.40. The predicted molar refractivity (Wildman–Crippen MR) is 106 cm³/mol. The van der Waals surface area contributed by atoms with Crippen LogP contribution in [0.2, 0.25) is 0 Å². The van der Waals surface area contributed by atoms with E-state index in [0.717, 1.165) is 43.5 Å². The van der Waals surface area contributed by atoms with Gasteiger partial charge in [0, 0.05) is 38.9 Å². The molecule has 2 aliphatic rings. The Bertz CT molecular complexity index is 748. The quantitative estimate of drug-likeness (QED) is 0.450. The molecule has 0 spiro atoms. The summed E-state index contributed by atoms with van der Waals surface area (Å²) in [6.45, 7) is 5.41. The molecule has 0 bridgehead atoms. The first-order valence-electron chi connectivity index (χ1n) is 9.80. The van der Waals surface area contributed by atoms with E-state index in [1.54, 1.807) is 0 Å². The summed E-state index contributed by atoms with van der Waals surface area (Å²) < 4.78 is 17.2. The number of piperazine rings is 1. The summed E-state index contributed by atoms with van der Waals surface area (Å²) in [5, 5.41) is 10.3. The van der Waals surface area contributed by atoms with Crippen LogP contribution in [0.1, 0.15) is 0 Å². The largest absolute Gasteiger partial charge is 1.00 e. The van der Waals surface area contributed by atoms with Crippen molar-refractivity contribution in [3.8, 4) is 11.5 Å². The second kappa shape index (κ2) is 12.2. The summed E-state index contributed by atoms with van der Waals surface area (Å²) in [6, 6.07) is 13.6. The maximum Gasteiger partial charge on any atom is 0.161 e. The van der Waals surface area contributed by atoms with Crippen molar-refractivity contribution in [2.45, 2.75) is 12.2 Å². The minimum absolute atomic E-state index is 0. The molecule has 166 valence electrons. The van der Waals surface area contributed by atoms with Crippen LogP contribution in [-0.2, 0) is 4.74 Å². The fourth-order valence-corrected chi connectivity index (χ4v) is 3.53. The number of hydrogen-bond acceptors (Lipinski definition) is 7. The molecule has 0 saturated carbocycles. The lowest BCUT2D eigenvalue weighted by Crippen LogP contribution is -3.00. The summed E-state index contributed by atoms with van der Waals surface area (Å²) in [5.74, 6) is 2.53. The number of fused-ring (bicyclic) bond motifs is 1. The van der Waals surface area contributed by atoms with Crippen LogP contribution < -0.4 is 39.2 Å². The lowest BCUT2D eigenvalue weighted by Gasteiger charge is -2.36. The molecule has 4 rings (SSSR count). The molecule has 9 heteroatoms. The molecule has 7 nitrogen and oxygen atoms in total. The number of pyridine rings is 1. The van der Waals surface area contributed by atoms with Crippen molar-refractivity contribution in [1.29, 1.82) is 0 Å². The molecule has 1 N–H and O–H groups in total. The normalized spacial score (nSPS) is 19.4. The molecule has 2 unspecified atom stereocenters. The van der Waals surface area contributed by atoms with E-state index in [1.807, 2.05) is 48.7 Å². The van der Waals surface area contributed by atoms with Gasteiger partial charge >= 0.3 is 0 Å². The number of rotatable bonds is 7. The summed E-state index contributed by atoms with van der Waals surface area (Å²) in [7, 11) is 0. The molecule has 1 fully saturated rings. The molecular weight excluding hydrogens is 429 g/mol. The SMILES string of the molecule is OC(COCC1COc2ccccc2O1)CN1CCN(c2ccccn2)CC1.[Cl-].[Cl-]. The Morgan fingerprint density at radius 3 is 2.50 bits per heavy atom. The second-order valence-electron chi connectivity index (χ2n) is 7.16. The van der Waals surface area contributed by atoms with Gasteiger partial charge in [0.05, 0.1) is 19.3 Å². The standard InChI is InChI=1S/C21H27N3O4.2ClH/c25-17(13-23-9-11-24(12-10-23)21-7-3-4-8-22-21)14-26-15-18-16-27-19-5-1-2-6-20(19)28-18;;/h1-8,17-18,25H,9-16H2;2*1H/p-2. The number of benzene rings is 1. The smallest absolute Gasteiger partial charge is 0.161 e. The number of β-amino-alcohol motifs (C(OH)–C–C–N with tert-alkyl or cyclic N) is 1. The van der Waals surface area contributed by atoms with Gasteiger partial charge in [-0.1, -0.05) is 18.2 Å². The van der Waals surface area contributed by atoms with E-state index in [4.69, 9.17) is 14.2 Å². The van der Waals surface area contributed by atoms with E-state index >= 15 is 0 Å². The van der Waals surface area contributed by atoms with Gasteiger partial charge in [-0.05, 0) is 24.3 Å². The fraction of sp³-hybridized carbons (Fsp3) is 0.476. The van der Waals surface area contributed by atoms with E-state index in [-0.39, 0.29) is 30.9 Å². The van der Waals surface area contributed by atoms with E-state index < -0.39 is 6.10 Å².